The first-order chi connectivity index (χ1) is 11.6. The van der Waals surface area contributed by atoms with E-state index in [2.05, 4.69) is 10.2 Å². The topological polar surface area (TPSA) is 60.9 Å². The van der Waals surface area contributed by atoms with Crippen molar-refractivity contribution < 1.29 is 9.21 Å². The lowest BCUT2D eigenvalue weighted by Crippen LogP contribution is -2.14. The van der Waals surface area contributed by atoms with Crippen molar-refractivity contribution in [2.45, 2.75) is 37.7 Å². The molecule has 6 heteroatoms. The number of aryl methyl sites for hydroxylation is 1. The molecule has 0 spiro atoms. The minimum Gasteiger partial charge on any atom is -0.461 e. The Morgan fingerprint density at radius 2 is 2.00 bits per heavy atom. The maximum Gasteiger partial charge on any atom is 0.200 e. The van der Waals surface area contributed by atoms with Crippen LogP contribution < -0.4 is 0 Å². The molecule has 24 heavy (non-hydrogen) atoms. The molecule has 0 bridgehead atoms. The molecule has 0 saturated carbocycles. The number of rotatable bonds is 6. The number of nitrogens with zero attached hydrogens (tertiary/aromatic N) is 3. The molecule has 0 fully saturated rings. The number of Topliss-reactive ketones (excluding diaryl/α,β-unsaturated/α-hetero) is 1. The van der Waals surface area contributed by atoms with Crippen LogP contribution in [0, 0.1) is 6.92 Å². The summed E-state index contributed by atoms with van der Waals surface area (Å²) in [7, 11) is 0. The van der Waals surface area contributed by atoms with Gasteiger partial charge in [-0.05, 0) is 32.9 Å². The van der Waals surface area contributed by atoms with Gasteiger partial charge < -0.3 is 4.42 Å². The van der Waals surface area contributed by atoms with Gasteiger partial charge in [-0.2, -0.15) is 0 Å². The molecule has 5 nitrogen and oxygen atoms in total. The predicted octanol–water partition coefficient (Wildman–Crippen LogP) is 4.23. The van der Waals surface area contributed by atoms with Crippen LogP contribution >= 0.6 is 11.8 Å². The van der Waals surface area contributed by atoms with Gasteiger partial charge in [-0.15, -0.1) is 10.2 Å². The molecular weight excluding hydrogens is 322 g/mol. The first kappa shape index (κ1) is 16.5. The summed E-state index contributed by atoms with van der Waals surface area (Å²) >= 11 is 1.42. The van der Waals surface area contributed by atoms with E-state index in [1.165, 1.54) is 11.8 Å². The van der Waals surface area contributed by atoms with Gasteiger partial charge >= 0.3 is 0 Å². The largest absolute Gasteiger partial charge is 0.461 e. The van der Waals surface area contributed by atoms with Crippen LogP contribution in [0.15, 0.2) is 52.2 Å². The number of thioether (sulfide) groups is 1. The molecule has 124 valence electrons. The Hall–Kier alpha value is -2.34. The number of ketones is 1. The third kappa shape index (κ3) is 3.28. The molecule has 3 aromatic rings. The molecule has 0 aliphatic heterocycles. The van der Waals surface area contributed by atoms with E-state index in [0.717, 1.165) is 16.3 Å². The quantitative estimate of drug-likeness (QED) is 0.496. The third-order valence-corrected chi connectivity index (χ3v) is 4.84. The average molecular weight is 341 g/mol. The number of benzene rings is 1. The highest BCUT2D eigenvalue weighted by atomic mass is 32.2. The second-order valence-corrected chi connectivity index (χ2v) is 6.83. The Labute approximate surface area is 145 Å². The van der Waals surface area contributed by atoms with Crippen molar-refractivity contribution in [3.8, 4) is 11.6 Å². The summed E-state index contributed by atoms with van der Waals surface area (Å²) in [5.74, 6) is 1.44. The molecule has 0 aliphatic carbocycles. The van der Waals surface area contributed by atoms with Crippen molar-refractivity contribution in [2.24, 2.45) is 0 Å². The summed E-state index contributed by atoms with van der Waals surface area (Å²) < 4.78 is 7.37. The highest BCUT2D eigenvalue weighted by molar-refractivity contribution is 8.00. The smallest absolute Gasteiger partial charge is 0.200 e. The minimum atomic E-state index is -0.244. The molecule has 0 aliphatic rings. The first-order valence-electron chi connectivity index (χ1n) is 7.84. The van der Waals surface area contributed by atoms with Crippen molar-refractivity contribution >= 4 is 17.5 Å². The van der Waals surface area contributed by atoms with Crippen LogP contribution in [-0.2, 0) is 6.54 Å². The second-order valence-electron chi connectivity index (χ2n) is 5.52. The Bertz CT molecular complexity index is 823. The standard InChI is InChI=1S/C18H19N3O2S/c1-4-21-17(15-6-5-11-23-15)19-20-18(21)24-13(3)16(22)14-9-7-12(2)8-10-14/h5-11,13H,4H2,1-3H3. The number of carbonyl (C=O) groups excluding carboxylic acids is 1. The molecule has 1 unspecified atom stereocenters. The molecule has 1 aromatic carbocycles. The van der Waals surface area contributed by atoms with Crippen LogP contribution in [0.1, 0.15) is 29.8 Å². The maximum atomic E-state index is 12.6. The van der Waals surface area contributed by atoms with Crippen LogP contribution in [0.2, 0.25) is 0 Å². The maximum absolute atomic E-state index is 12.6. The highest BCUT2D eigenvalue weighted by Crippen LogP contribution is 2.28. The number of carbonyl (C=O) groups is 1. The van der Waals surface area contributed by atoms with Crippen LogP contribution in [0.25, 0.3) is 11.6 Å². The molecule has 1 atom stereocenters. The predicted molar refractivity (Wildman–Crippen MR) is 94.2 cm³/mol. The molecule has 0 amide bonds. The molecule has 0 saturated heterocycles. The average Bonchev–Trinajstić information content (AvgIpc) is 3.23. The molecule has 2 aromatic heterocycles. The lowest BCUT2D eigenvalue weighted by Gasteiger charge is -2.11. The SMILES string of the molecule is CCn1c(SC(C)C(=O)c2ccc(C)cc2)nnc1-c1ccco1. The lowest BCUT2D eigenvalue weighted by atomic mass is 10.1. The van der Waals surface area contributed by atoms with Crippen molar-refractivity contribution in [3.05, 3.63) is 53.8 Å². The number of furan rings is 1. The molecule has 2 heterocycles. The van der Waals surface area contributed by atoms with Gasteiger partial charge in [0, 0.05) is 12.1 Å². The van der Waals surface area contributed by atoms with E-state index in [0.29, 0.717) is 18.1 Å². The number of hydrogen-bond acceptors (Lipinski definition) is 5. The fourth-order valence-electron chi connectivity index (χ4n) is 2.41. The zero-order valence-corrected chi connectivity index (χ0v) is 14.7. The lowest BCUT2D eigenvalue weighted by molar-refractivity contribution is 0.0994. The Morgan fingerprint density at radius 1 is 1.25 bits per heavy atom. The molecular formula is C18H19N3O2S. The van der Waals surface area contributed by atoms with Crippen molar-refractivity contribution in [2.75, 3.05) is 0 Å². The Kier molecular flexibility index (Phi) is 4.85. The summed E-state index contributed by atoms with van der Waals surface area (Å²) in [6.45, 7) is 6.63. The zero-order chi connectivity index (χ0) is 17.1. The van der Waals surface area contributed by atoms with Crippen molar-refractivity contribution in [1.82, 2.24) is 14.8 Å². The summed E-state index contributed by atoms with van der Waals surface area (Å²) in [5.41, 5.74) is 1.86. The second kappa shape index (κ2) is 7.05. The summed E-state index contributed by atoms with van der Waals surface area (Å²) in [6.07, 6.45) is 1.61. The number of aromatic nitrogens is 3. The van der Waals surface area contributed by atoms with Crippen LogP contribution in [0.4, 0.5) is 0 Å². The van der Waals surface area contributed by atoms with E-state index in [-0.39, 0.29) is 11.0 Å². The van der Waals surface area contributed by atoms with E-state index < -0.39 is 0 Å². The van der Waals surface area contributed by atoms with Gasteiger partial charge in [-0.1, -0.05) is 41.6 Å². The minimum absolute atomic E-state index is 0.0881. The first-order valence-corrected chi connectivity index (χ1v) is 8.72. The van der Waals surface area contributed by atoms with Gasteiger partial charge in [0.05, 0.1) is 11.5 Å². The fraction of sp³-hybridized carbons (Fsp3) is 0.278. The van der Waals surface area contributed by atoms with Crippen molar-refractivity contribution in [1.29, 1.82) is 0 Å². The van der Waals surface area contributed by atoms with E-state index in [9.17, 15) is 4.79 Å². The van der Waals surface area contributed by atoms with E-state index >= 15 is 0 Å². The normalized spacial score (nSPS) is 12.3. The van der Waals surface area contributed by atoms with Gasteiger partial charge in [0.15, 0.2) is 22.5 Å². The Balaban J connectivity index is 1.80. The highest BCUT2D eigenvalue weighted by Gasteiger charge is 2.21. The van der Waals surface area contributed by atoms with E-state index in [1.807, 2.05) is 61.7 Å². The molecule has 3 rings (SSSR count). The van der Waals surface area contributed by atoms with Crippen LogP contribution in [0.5, 0.6) is 0 Å². The zero-order valence-electron chi connectivity index (χ0n) is 13.9. The van der Waals surface area contributed by atoms with Gasteiger partial charge in [0.1, 0.15) is 0 Å². The van der Waals surface area contributed by atoms with Gasteiger partial charge in [-0.25, -0.2) is 0 Å². The van der Waals surface area contributed by atoms with Gasteiger partial charge in [0.25, 0.3) is 0 Å². The van der Waals surface area contributed by atoms with Crippen molar-refractivity contribution in [3.63, 3.8) is 0 Å². The molecule has 0 N–H and O–H groups in total. The third-order valence-electron chi connectivity index (χ3n) is 3.76. The van der Waals surface area contributed by atoms with E-state index in [1.54, 1.807) is 6.26 Å². The van der Waals surface area contributed by atoms with Gasteiger partial charge in [-0.3, -0.25) is 9.36 Å². The van der Waals surface area contributed by atoms with Crippen LogP contribution in [0.3, 0.4) is 0 Å². The summed E-state index contributed by atoms with van der Waals surface area (Å²) in [4.78, 5) is 12.6. The fourth-order valence-corrected chi connectivity index (χ4v) is 3.40. The number of hydrogen-bond donors (Lipinski definition) is 0. The van der Waals surface area contributed by atoms with Crippen LogP contribution in [-0.4, -0.2) is 25.8 Å². The van der Waals surface area contributed by atoms with E-state index in [4.69, 9.17) is 4.42 Å². The Morgan fingerprint density at radius 3 is 2.62 bits per heavy atom. The monoisotopic (exact) mass is 341 g/mol. The van der Waals surface area contributed by atoms with Gasteiger partial charge in [0.2, 0.25) is 0 Å². The summed E-state index contributed by atoms with van der Waals surface area (Å²) in [5, 5.41) is 8.93. The summed E-state index contributed by atoms with van der Waals surface area (Å²) in [6, 6.07) is 11.3. The molecule has 0 radical (unpaired) electrons.